The Morgan fingerprint density at radius 2 is 1.71 bits per heavy atom. The number of nitrogens with one attached hydrogen (secondary N) is 1. The minimum absolute atomic E-state index is 0.00512. The predicted octanol–water partition coefficient (Wildman–Crippen LogP) is 1.06. The first-order valence-corrected chi connectivity index (χ1v) is 5.73. The Hall–Kier alpha value is -1.39. The van der Waals surface area contributed by atoms with E-state index in [4.69, 9.17) is 0 Å². The molecule has 5 heteroatoms. The lowest BCUT2D eigenvalue weighted by molar-refractivity contribution is -0.144. The summed E-state index contributed by atoms with van der Waals surface area (Å²) in [7, 11) is 0. The average molecular weight is 243 g/mol. The number of amides is 1. The normalized spacial score (nSPS) is 10.8. The van der Waals surface area contributed by atoms with Gasteiger partial charge in [-0.1, -0.05) is 20.8 Å². The molecule has 0 aromatic rings. The molecule has 0 saturated heterocycles. The van der Waals surface area contributed by atoms with Gasteiger partial charge in [0, 0.05) is 11.8 Å². The van der Waals surface area contributed by atoms with E-state index >= 15 is 0 Å². The monoisotopic (exact) mass is 243 g/mol. The third kappa shape index (κ3) is 7.49. The van der Waals surface area contributed by atoms with E-state index in [-0.39, 0.29) is 31.1 Å². The zero-order valence-corrected chi connectivity index (χ0v) is 11.0. The molecule has 0 unspecified atom stereocenters. The summed E-state index contributed by atoms with van der Waals surface area (Å²) in [5, 5.41) is 2.49. The lowest BCUT2D eigenvalue weighted by atomic mass is 9.91. The van der Waals surface area contributed by atoms with Gasteiger partial charge in [-0.25, -0.2) is 0 Å². The van der Waals surface area contributed by atoms with Gasteiger partial charge in [0.15, 0.2) is 5.78 Å². The third-order valence-electron chi connectivity index (χ3n) is 2.14. The van der Waals surface area contributed by atoms with Gasteiger partial charge in [0.25, 0.3) is 0 Å². The zero-order valence-electron chi connectivity index (χ0n) is 11.0. The maximum Gasteiger partial charge on any atom is 0.306 e. The molecule has 0 fully saturated rings. The van der Waals surface area contributed by atoms with E-state index in [1.165, 1.54) is 0 Å². The summed E-state index contributed by atoms with van der Waals surface area (Å²) in [5.41, 5.74) is -0.464. The predicted molar refractivity (Wildman–Crippen MR) is 63.3 cm³/mol. The molecular formula is C12H21NO4. The molecule has 0 heterocycles. The summed E-state index contributed by atoms with van der Waals surface area (Å²) in [5.74, 6) is -0.748. The minimum Gasteiger partial charge on any atom is -0.466 e. The highest BCUT2D eigenvalue weighted by Gasteiger charge is 2.21. The van der Waals surface area contributed by atoms with Crippen molar-refractivity contribution in [3.8, 4) is 0 Å². The summed E-state index contributed by atoms with van der Waals surface area (Å²) in [4.78, 5) is 33.8. The Balaban J connectivity index is 3.82. The summed E-state index contributed by atoms with van der Waals surface area (Å²) in [6, 6.07) is 0. The van der Waals surface area contributed by atoms with Crippen molar-refractivity contribution in [1.82, 2.24) is 5.32 Å². The van der Waals surface area contributed by atoms with Crippen LogP contribution in [0.1, 0.15) is 40.5 Å². The number of carbonyl (C=O) groups is 3. The molecule has 0 atom stereocenters. The van der Waals surface area contributed by atoms with E-state index in [0.717, 1.165) is 0 Å². The van der Waals surface area contributed by atoms with Crippen molar-refractivity contribution < 1.29 is 19.1 Å². The van der Waals surface area contributed by atoms with Crippen molar-refractivity contribution in [3.05, 3.63) is 0 Å². The van der Waals surface area contributed by atoms with Crippen molar-refractivity contribution >= 4 is 17.7 Å². The maximum atomic E-state index is 11.5. The SMILES string of the molecule is CCOC(=O)CCC(=O)NCC(=O)C(C)(C)C. The van der Waals surface area contributed by atoms with Gasteiger partial charge in [0.05, 0.1) is 19.6 Å². The summed E-state index contributed by atoms with van der Waals surface area (Å²) in [6.45, 7) is 7.40. The van der Waals surface area contributed by atoms with Crippen LogP contribution in [-0.2, 0) is 19.1 Å². The molecular weight excluding hydrogens is 222 g/mol. The molecule has 1 N–H and O–H groups in total. The van der Waals surface area contributed by atoms with Crippen molar-refractivity contribution in [3.63, 3.8) is 0 Å². The first-order chi connectivity index (χ1) is 7.77. The standard InChI is InChI=1S/C12H21NO4/c1-5-17-11(16)7-6-10(15)13-8-9(14)12(2,3)4/h5-8H2,1-4H3,(H,13,15). The Kier molecular flexibility index (Phi) is 6.46. The Morgan fingerprint density at radius 3 is 2.18 bits per heavy atom. The number of hydrogen-bond acceptors (Lipinski definition) is 4. The Bertz CT molecular complexity index is 291. The molecule has 0 saturated carbocycles. The quantitative estimate of drug-likeness (QED) is 0.708. The number of ketones is 1. The molecule has 17 heavy (non-hydrogen) atoms. The summed E-state index contributed by atoms with van der Waals surface area (Å²) in [6.07, 6.45) is 0.0969. The number of ether oxygens (including phenoxy) is 1. The minimum atomic E-state index is -0.464. The van der Waals surface area contributed by atoms with Gasteiger partial charge in [-0.05, 0) is 6.92 Å². The van der Waals surface area contributed by atoms with E-state index < -0.39 is 11.4 Å². The second-order valence-electron chi connectivity index (χ2n) is 4.75. The van der Waals surface area contributed by atoms with Crippen LogP contribution in [0.25, 0.3) is 0 Å². The van der Waals surface area contributed by atoms with Crippen molar-refractivity contribution in [1.29, 1.82) is 0 Å². The molecule has 0 aliphatic carbocycles. The fourth-order valence-electron chi connectivity index (χ4n) is 0.981. The summed E-state index contributed by atoms with van der Waals surface area (Å²) >= 11 is 0. The fraction of sp³-hybridized carbons (Fsp3) is 0.750. The molecule has 0 aromatic carbocycles. The van der Waals surface area contributed by atoms with E-state index in [0.29, 0.717) is 6.61 Å². The van der Waals surface area contributed by atoms with Gasteiger partial charge in [-0.3, -0.25) is 14.4 Å². The number of Topliss-reactive ketones (excluding diaryl/α,β-unsaturated/α-hetero) is 1. The molecule has 0 rings (SSSR count). The average Bonchev–Trinajstić information content (AvgIpc) is 2.22. The van der Waals surface area contributed by atoms with Gasteiger partial charge in [-0.2, -0.15) is 0 Å². The highest BCUT2D eigenvalue weighted by molar-refractivity contribution is 5.90. The Labute approximate surface area is 102 Å². The lowest BCUT2D eigenvalue weighted by Crippen LogP contribution is -2.35. The lowest BCUT2D eigenvalue weighted by Gasteiger charge is -2.16. The Morgan fingerprint density at radius 1 is 1.12 bits per heavy atom. The topological polar surface area (TPSA) is 72.5 Å². The molecule has 0 aromatic heterocycles. The van der Waals surface area contributed by atoms with E-state index in [9.17, 15) is 14.4 Å². The van der Waals surface area contributed by atoms with Crippen LogP contribution < -0.4 is 5.32 Å². The molecule has 0 aliphatic heterocycles. The third-order valence-corrected chi connectivity index (χ3v) is 2.14. The van der Waals surface area contributed by atoms with Crippen LogP contribution in [0.2, 0.25) is 0 Å². The van der Waals surface area contributed by atoms with Crippen LogP contribution in [0.4, 0.5) is 0 Å². The molecule has 0 aliphatic rings. The highest BCUT2D eigenvalue weighted by atomic mass is 16.5. The van der Waals surface area contributed by atoms with E-state index in [1.54, 1.807) is 27.7 Å². The molecule has 0 radical (unpaired) electrons. The highest BCUT2D eigenvalue weighted by Crippen LogP contribution is 2.13. The smallest absolute Gasteiger partial charge is 0.306 e. The van der Waals surface area contributed by atoms with Gasteiger partial charge in [0.2, 0.25) is 5.91 Å². The van der Waals surface area contributed by atoms with Crippen LogP contribution in [0.15, 0.2) is 0 Å². The van der Waals surface area contributed by atoms with Crippen molar-refractivity contribution in [2.45, 2.75) is 40.5 Å². The first kappa shape index (κ1) is 15.6. The van der Waals surface area contributed by atoms with Crippen LogP contribution >= 0.6 is 0 Å². The second kappa shape index (κ2) is 7.04. The van der Waals surface area contributed by atoms with Gasteiger partial charge < -0.3 is 10.1 Å². The summed E-state index contributed by atoms with van der Waals surface area (Å²) < 4.78 is 4.69. The first-order valence-electron chi connectivity index (χ1n) is 5.73. The zero-order chi connectivity index (χ0) is 13.5. The van der Waals surface area contributed by atoms with Gasteiger partial charge in [0.1, 0.15) is 0 Å². The maximum absolute atomic E-state index is 11.5. The largest absolute Gasteiger partial charge is 0.466 e. The fourth-order valence-corrected chi connectivity index (χ4v) is 0.981. The second-order valence-corrected chi connectivity index (χ2v) is 4.75. The van der Waals surface area contributed by atoms with Crippen LogP contribution in [0, 0.1) is 5.41 Å². The number of rotatable bonds is 6. The van der Waals surface area contributed by atoms with Crippen LogP contribution in [-0.4, -0.2) is 30.8 Å². The number of carbonyl (C=O) groups excluding carboxylic acids is 3. The molecule has 1 amide bonds. The van der Waals surface area contributed by atoms with Crippen LogP contribution in [0.3, 0.4) is 0 Å². The number of esters is 1. The van der Waals surface area contributed by atoms with Gasteiger partial charge >= 0.3 is 5.97 Å². The number of hydrogen-bond donors (Lipinski definition) is 1. The molecule has 98 valence electrons. The van der Waals surface area contributed by atoms with Crippen molar-refractivity contribution in [2.24, 2.45) is 5.41 Å². The van der Waals surface area contributed by atoms with E-state index in [2.05, 4.69) is 10.1 Å². The molecule has 0 bridgehead atoms. The molecule has 0 spiro atoms. The van der Waals surface area contributed by atoms with E-state index in [1.807, 2.05) is 0 Å². The van der Waals surface area contributed by atoms with Crippen molar-refractivity contribution in [2.75, 3.05) is 13.2 Å². The molecule has 5 nitrogen and oxygen atoms in total. The van der Waals surface area contributed by atoms with Crippen LogP contribution in [0.5, 0.6) is 0 Å². The van der Waals surface area contributed by atoms with Gasteiger partial charge in [-0.15, -0.1) is 0 Å².